The highest BCUT2D eigenvalue weighted by Gasteiger charge is 2.27. The fraction of sp³-hybridized carbons (Fsp3) is 0.357. The summed E-state index contributed by atoms with van der Waals surface area (Å²) in [5.74, 6) is -0.852. The summed E-state index contributed by atoms with van der Waals surface area (Å²) in [7, 11) is 0. The molecule has 0 aliphatic carbocycles. The molecular weight excluding hydrogens is 258 g/mol. The smallest absolute Gasteiger partial charge is 0.259 e. The quantitative estimate of drug-likeness (QED) is 0.710. The second-order valence-electron chi connectivity index (χ2n) is 5.27. The van der Waals surface area contributed by atoms with Gasteiger partial charge >= 0.3 is 0 Å². The molecule has 20 heavy (non-hydrogen) atoms. The molecule has 0 saturated carbocycles. The molecule has 106 valence electrons. The maximum Gasteiger partial charge on any atom is 0.259 e. The van der Waals surface area contributed by atoms with E-state index in [2.05, 4.69) is 10.6 Å². The summed E-state index contributed by atoms with van der Waals surface area (Å²) in [5.41, 5.74) is 6.83. The van der Waals surface area contributed by atoms with Crippen LogP contribution in [0.3, 0.4) is 0 Å². The molecule has 3 amide bonds. The third-order valence-corrected chi connectivity index (χ3v) is 3.07. The number of hydrogen-bond donors (Lipinski definition) is 3. The lowest BCUT2D eigenvalue weighted by Crippen LogP contribution is -2.36. The van der Waals surface area contributed by atoms with E-state index in [9.17, 15) is 14.4 Å². The first-order chi connectivity index (χ1) is 9.38. The lowest BCUT2D eigenvalue weighted by atomic mass is 10.0. The number of benzene rings is 1. The molecule has 0 fully saturated rings. The predicted molar refractivity (Wildman–Crippen MR) is 74.3 cm³/mol. The minimum atomic E-state index is -0.598. The van der Waals surface area contributed by atoms with Crippen molar-refractivity contribution in [1.29, 1.82) is 0 Å². The van der Waals surface area contributed by atoms with Crippen molar-refractivity contribution in [2.75, 3.05) is 5.32 Å². The van der Waals surface area contributed by atoms with E-state index in [4.69, 9.17) is 5.73 Å². The SMILES string of the molecule is CC(C)C[C@H](N)C(=O)Nc1ccc2c(c1)C(=O)NC2=O. The molecule has 1 atom stereocenters. The molecule has 0 spiro atoms. The summed E-state index contributed by atoms with van der Waals surface area (Å²) < 4.78 is 0. The first kappa shape index (κ1) is 14.2. The van der Waals surface area contributed by atoms with Crippen molar-refractivity contribution in [3.63, 3.8) is 0 Å². The van der Waals surface area contributed by atoms with Crippen molar-refractivity contribution in [3.05, 3.63) is 29.3 Å². The van der Waals surface area contributed by atoms with Crippen molar-refractivity contribution in [3.8, 4) is 0 Å². The first-order valence-electron chi connectivity index (χ1n) is 6.44. The van der Waals surface area contributed by atoms with E-state index in [1.165, 1.54) is 12.1 Å². The summed E-state index contributed by atoms with van der Waals surface area (Å²) in [6.07, 6.45) is 0.579. The van der Waals surface area contributed by atoms with Gasteiger partial charge in [0.15, 0.2) is 0 Å². The number of nitrogens with one attached hydrogen (secondary N) is 2. The van der Waals surface area contributed by atoms with Gasteiger partial charge in [-0.15, -0.1) is 0 Å². The van der Waals surface area contributed by atoms with Gasteiger partial charge in [-0.3, -0.25) is 19.7 Å². The first-order valence-corrected chi connectivity index (χ1v) is 6.44. The van der Waals surface area contributed by atoms with E-state index < -0.39 is 17.9 Å². The molecule has 2 rings (SSSR count). The molecular formula is C14H17N3O3. The number of rotatable bonds is 4. The van der Waals surface area contributed by atoms with Gasteiger partial charge in [-0.1, -0.05) is 13.8 Å². The number of anilines is 1. The van der Waals surface area contributed by atoms with Crippen molar-refractivity contribution in [2.24, 2.45) is 11.7 Å². The number of imide groups is 1. The Morgan fingerprint density at radius 3 is 2.55 bits per heavy atom. The number of amides is 3. The molecule has 6 heteroatoms. The van der Waals surface area contributed by atoms with E-state index in [0.29, 0.717) is 23.6 Å². The van der Waals surface area contributed by atoms with Gasteiger partial charge < -0.3 is 11.1 Å². The average molecular weight is 275 g/mol. The van der Waals surface area contributed by atoms with Crippen LogP contribution in [0.2, 0.25) is 0 Å². The maximum absolute atomic E-state index is 11.9. The Morgan fingerprint density at radius 1 is 1.25 bits per heavy atom. The van der Waals surface area contributed by atoms with Gasteiger partial charge in [-0.05, 0) is 30.5 Å². The number of hydrogen-bond acceptors (Lipinski definition) is 4. The summed E-state index contributed by atoms with van der Waals surface area (Å²) in [4.78, 5) is 34.8. The lowest BCUT2D eigenvalue weighted by Gasteiger charge is -2.14. The summed E-state index contributed by atoms with van der Waals surface area (Å²) in [6.45, 7) is 3.97. The largest absolute Gasteiger partial charge is 0.325 e. The van der Waals surface area contributed by atoms with E-state index >= 15 is 0 Å². The molecule has 6 nitrogen and oxygen atoms in total. The average Bonchev–Trinajstić information content (AvgIpc) is 2.64. The second kappa shape index (κ2) is 5.42. The molecule has 0 aromatic heterocycles. The van der Waals surface area contributed by atoms with E-state index in [-0.39, 0.29) is 11.5 Å². The topological polar surface area (TPSA) is 101 Å². The third kappa shape index (κ3) is 2.85. The summed E-state index contributed by atoms with van der Waals surface area (Å²) in [6, 6.07) is 3.98. The van der Waals surface area contributed by atoms with Gasteiger partial charge in [0, 0.05) is 5.69 Å². The van der Waals surface area contributed by atoms with Gasteiger partial charge in [-0.2, -0.15) is 0 Å². The number of nitrogens with two attached hydrogens (primary N) is 1. The maximum atomic E-state index is 11.9. The van der Waals surface area contributed by atoms with Crippen LogP contribution in [0.1, 0.15) is 41.0 Å². The van der Waals surface area contributed by atoms with E-state index in [1.54, 1.807) is 6.07 Å². The fourth-order valence-corrected chi connectivity index (χ4v) is 2.10. The highest BCUT2D eigenvalue weighted by atomic mass is 16.2. The minimum Gasteiger partial charge on any atom is -0.325 e. The van der Waals surface area contributed by atoms with Crippen LogP contribution in [0, 0.1) is 5.92 Å². The standard InChI is InChI=1S/C14H17N3O3/c1-7(2)5-11(15)14(20)16-8-3-4-9-10(6-8)13(19)17-12(9)18/h3-4,6-7,11H,5,15H2,1-2H3,(H,16,20)(H,17,18,19)/t11-/m0/s1. The Kier molecular flexibility index (Phi) is 3.85. The number of fused-ring (bicyclic) bond motifs is 1. The van der Waals surface area contributed by atoms with Crippen LogP contribution in [0.4, 0.5) is 5.69 Å². The number of carbonyl (C=O) groups is 3. The van der Waals surface area contributed by atoms with E-state index in [1.807, 2.05) is 13.8 Å². The van der Waals surface area contributed by atoms with Crippen molar-refractivity contribution in [1.82, 2.24) is 5.32 Å². The van der Waals surface area contributed by atoms with Crippen molar-refractivity contribution in [2.45, 2.75) is 26.3 Å². The van der Waals surface area contributed by atoms with E-state index in [0.717, 1.165) is 0 Å². The highest BCUT2D eigenvalue weighted by Crippen LogP contribution is 2.20. The Hall–Kier alpha value is -2.21. The molecule has 1 heterocycles. The molecule has 1 aromatic rings. The number of carbonyl (C=O) groups excluding carboxylic acids is 3. The van der Waals surface area contributed by atoms with Gasteiger partial charge in [-0.25, -0.2) is 0 Å². The van der Waals surface area contributed by atoms with Gasteiger partial charge in [0.05, 0.1) is 17.2 Å². The molecule has 1 aliphatic heterocycles. The third-order valence-electron chi connectivity index (χ3n) is 3.07. The molecule has 1 aliphatic rings. The molecule has 0 saturated heterocycles. The van der Waals surface area contributed by atoms with Crippen LogP contribution < -0.4 is 16.4 Å². The zero-order chi connectivity index (χ0) is 14.9. The molecule has 0 unspecified atom stereocenters. The van der Waals surface area contributed by atoms with Crippen LogP contribution in [-0.2, 0) is 4.79 Å². The fourth-order valence-electron chi connectivity index (χ4n) is 2.10. The van der Waals surface area contributed by atoms with Gasteiger partial charge in [0.2, 0.25) is 5.91 Å². The zero-order valence-electron chi connectivity index (χ0n) is 11.4. The Labute approximate surface area is 116 Å². The van der Waals surface area contributed by atoms with Crippen LogP contribution >= 0.6 is 0 Å². The van der Waals surface area contributed by atoms with Crippen LogP contribution in [0.15, 0.2) is 18.2 Å². The van der Waals surface area contributed by atoms with Crippen molar-refractivity contribution >= 4 is 23.4 Å². The van der Waals surface area contributed by atoms with Crippen LogP contribution in [-0.4, -0.2) is 23.8 Å². The monoisotopic (exact) mass is 275 g/mol. The normalized spacial score (nSPS) is 15.0. The lowest BCUT2D eigenvalue weighted by molar-refractivity contribution is -0.117. The predicted octanol–water partition coefficient (Wildman–Crippen LogP) is 0.882. The zero-order valence-corrected chi connectivity index (χ0v) is 11.4. The molecule has 0 bridgehead atoms. The molecule has 4 N–H and O–H groups in total. The summed E-state index contributed by atoms with van der Waals surface area (Å²) >= 11 is 0. The second-order valence-corrected chi connectivity index (χ2v) is 5.27. The Morgan fingerprint density at radius 2 is 1.90 bits per heavy atom. The van der Waals surface area contributed by atoms with Gasteiger partial charge in [0.1, 0.15) is 0 Å². The highest BCUT2D eigenvalue weighted by molar-refractivity contribution is 6.22. The van der Waals surface area contributed by atoms with Crippen molar-refractivity contribution < 1.29 is 14.4 Å². The summed E-state index contributed by atoms with van der Waals surface area (Å²) in [5, 5.41) is 4.85. The molecule has 0 radical (unpaired) electrons. The Bertz CT molecular complexity index is 581. The Balaban J connectivity index is 2.12. The molecule has 1 aromatic carbocycles. The van der Waals surface area contributed by atoms with Crippen LogP contribution in [0.5, 0.6) is 0 Å². The minimum absolute atomic E-state index is 0.269. The van der Waals surface area contributed by atoms with Gasteiger partial charge in [0.25, 0.3) is 11.8 Å². The van der Waals surface area contributed by atoms with Crippen LogP contribution in [0.25, 0.3) is 0 Å².